The van der Waals surface area contributed by atoms with Crippen LogP contribution in [0.5, 0.6) is 0 Å². The number of anilines is 2. The Morgan fingerprint density at radius 3 is 2.29 bits per heavy atom. The van der Waals surface area contributed by atoms with Crippen LogP contribution >= 0.6 is 23.8 Å². The third-order valence-electron chi connectivity index (χ3n) is 3.33. The van der Waals surface area contributed by atoms with Gasteiger partial charge in [0.25, 0.3) is 5.91 Å². The van der Waals surface area contributed by atoms with Crippen molar-refractivity contribution in [1.29, 1.82) is 0 Å². The number of amides is 2. The minimum Gasteiger partial charge on any atom is -0.332 e. The van der Waals surface area contributed by atoms with Crippen LogP contribution in [0.1, 0.15) is 17.3 Å². The molecule has 0 spiro atoms. The highest BCUT2D eigenvalue weighted by Gasteiger charge is 2.11. The molecule has 24 heavy (non-hydrogen) atoms. The maximum absolute atomic E-state index is 12.1. The van der Waals surface area contributed by atoms with Gasteiger partial charge >= 0.3 is 0 Å². The van der Waals surface area contributed by atoms with E-state index in [2.05, 4.69) is 10.6 Å². The van der Waals surface area contributed by atoms with Gasteiger partial charge in [0.05, 0.1) is 10.6 Å². The number of hydrogen-bond donors (Lipinski definition) is 2. The van der Waals surface area contributed by atoms with E-state index in [1.165, 1.54) is 11.8 Å². The molecule has 0 bridgehead atoms. The number of nitrogens with one attached hydrogen (secondary N) is 2. The van der Waals surface area contributed by atoms with E-state index in [4.69, 9.17) is 23.8 Å². The van der Waals surface area contributed by atoms with Crippen molar-refractivity contribution in [2.24, 2.45) is 0 Å². The molecule has 0 aliphatic rings. The van der Waals surface area contributed by atoms with E-state index in [1.807, 2.05) is 0 Å². The average molecular weight is 362 g/mol. The van der Waals surface area contributed by atoms with Gasteiger partial charge in [-0.2, -0.15) is 0 Å². The number of halogens is 1. The Bertz CT molecular complexity index is 778. The minimum atomic E-state index is -0.383. The Labute approximate surface area is 150 Å². The molecule has 0 saturated heterocycles. The number of carbonyl (C=O) groups is 2. The van der Waals surface area contributed by atoms with Crippen LogP contribution in [0, 0.1) is 0 Å². The van der Waals surface area contributed by atoms with Gasteiger partial charge in [-0.05, 0) is 48.6 Å². The summed E-state index contributed by atoms with van der Waals surface area (Å²) < 4.78 is 0. The van der Waals surface area contributed by atoms with Crippen LogP contribution in [-0.2, 0) is 4.79 Å². The topological polar surface area (TPSA) is 61.4 Å². The standard InChI is InChI=1S/C17H16ClN3O2S/c1-11(22)21(2)13-9-7-12(8-10-13)19-17(24)20-16(23)14-5-3-4-6-15(14)18/h3-10H,1-2H3,(H2,19,20,23,24). The van der Waals surface area contributed by atoms with Crippen LogP contribution in [0.3, 0.4) is 0 Å². The quantitative estimate of drug-likeness (QED) is 0.822. The van der Waals surface area contributed by atoms with Crippen LogP contribution < -0.4 is 15.5 Å². The first-order chi connectivity index (χ1) is 11.4. The van der Waals surface area contributed by atoms with E-state index in [-0.39, 0.29) is 16.9 Å². The zero-order chi connectivity index (χ0) is 17.7. The molecule has 5 nitrogen and oxygen atoms in total. The number of nitrogens with zero attached hydrogens (tertiary/aromatic N) is 1. The Morgan fingerprint density at radius 1 is 1.08 bits per heavy atom. The van der Waals surface area contributed by atoms with Crippen molar-refractivity contribution in [3.05, 3.63) is 59.1 Å². The van der Waals surface area contributed by atoms with Gasteiger partial charge in [0.1, 0.15) is 0 Å². The average Bonchev–Trinajstić information content (AvgIpc) is 2.55. The molecule has 0 aromatic heterocycles. The normalized spacial score (nSPS) is 9.96. The van der Waals surface area contributed by atoms with Crippen LogP contribution in [0.25, 0.3) is 0 Å². The summed E-state index contributed by atoms with van der Waals surface area (Å²) in [6, 6.07) is 13.8. The molecule has 0 atom stereocenters. The predicted molar refractivity (Wildman–Crippen MR) is 101 cm³/mol. The van der Waals surface area contributed by atoms with Crippen molar-refractivity contribution in [1.82, 2.24) is 5.32 Å². The first kappa shape index (κ1) is 17.9. The first-order valence-electron chi connectivity index (χ1n) is 7.09. The molecule has 124 valence electrons. The molecular formula is C17H16ClN3O2S. The van der Waals surface area contributed by atoms with Gasteiger partial charge in [0, 0.05) is 25.3 Å². The molecule has 2 N–H and O–H groups in total. The van der Waals surface area contributed by atoms with Gasteiger partial charge in [0.2, 0.25) is 5.91 Å². The molecule has 2 amide bonds. The molecule has 0 aliphatic carbocycles. The zero-order valence-corrected chi connectivity index (χ0v) is 14.7. The second kappa shape index (κ2) is 7.90. The van der Waals surface area contributed by atoms with Crippen molar-refractivity contribution in [3.8, 4) is 0 Å². The Morgan fingerprint density at radius 2 is 1.71 bits per heavy atom. The van der Waals surface area contributed by atoms with Crippen molar-refractivity contribution < 1.29 is 9.59 Å². The number of hydrogen-bond acceptors (Lipinski definition) is 3. The number of benzene rings is 2. The Kier molecular flexibility index (Phi) is 5.89. The highest BCUT2D eigenvalue weighted by Crippen LogP contribution is 2.17. The maximum atomic E-state index is 12.1. The zero-order valence-electron chi connectivity index (χ0n) is 13.2. The van der Waals surface area contributed by atoms with E-state index >= 15 is 0 Å². The largest absolute Gasteiger partial charge is 0.332 e. The molecule has 7 heteroatoms. The number of thiocarbonyl (C=S) groups is 1. The first-order valence-corrected chi connectivity index (χ1v) is 7.88. The molecule has 2 aromatic rings. The SMILES string of the molecule is CC(=O)N(C)c1ccc(NC(=S)NC(=O)c2ccccc2Cl)cc1. The van der Waals surface area contributed by atoms with E-state index in [9.17, 15) is 9.59 Å². The van der Waals surface area contributed by atoms with Crippen molar-refractivity contribution >= 4 is 52.1 Å². The molecule has 0 heterocycles. The second-order valence-electron chi connectivity index (χ2n) is 5.01. The van der Waals surface area contributed by atoms with Gasteiger partial charge in [0.15, 0.2) is 5.11 Å². The third kappa shape index (κ3) is 4.53. The number of rotatable bonds is 3. The summed E-state index contributed by atoms with van der Waals surface area (Å²) in [5.74, 6) is -0.440. The lowest BCUT2D eigenvalue weighted by molar-refractivity contribution is -0.116. The summed E-state index contributed by atoms with van der Waals surface area (Å²) in [7, 11) is 1.69. The highest BCUT2D eigenvalue weighted by molar-refractivity contribution is 7.80. The van der Waals surface area contributed by atoms with Gasteiger partial charge in [-0.15, -0.1) is 0 Å². The molecule has 0 aliphatic heterocycles. The Hall–Kier alpha value is -2.44. The molecule has 0 saturated carbocycles. The van der Waals surface area contributed by atoms with Crippen molar-refractivity contribution in [2.45, 2.75) is 6.92 Å². The van der Waals surface area contributed by atoms with Gasteiger partial charge in [-0.1, -0.05) is 23.7 Å². The van der Waals surface area contributed by atoms with Gasteiger partial charge < -0.3 is 10.2 Å². The fourth-order valence-electron chi connectivity index (χ4n) is 1.93. The van der Waals surface area contributed by atoms with Gasteiger partial charge in [-0.25, -0.2) is 0 Å². The predicted octanol–water partition coefficient (Wildman–Crippen LogP) is 3.45. The van der Waals surface area contributed by atoms with E-state index < -0.39 is 0 Å². The van der Waals surface area contributed by atoms with Crippen LogP contribution in [-0.4, -0.2) is 24.0 Å². The Balaban J connectivity index is 1.99. The van der Waals surface area contributed by atoms with Crippen LogP contribution in [0.4, 0.5) is 11.4 Å². The molecule has 2 aromatic carbocycles. The summed E-state index contributed by atoms with van der Waals surface area (Å²) >= 11 is 11.1. The third-order valence-corrected chi connectivity index (χ3v) is 3.86. The lowest BCUT2D eigenvalue weighted by atomic mass is 10.2. The molecular weight excluding hydrogens is 346 g/mol. The fourth-order valence-corrected chi connectivity index (χ4v) is 2.36. The van der Waals surface area contributed by atoms with Gasteiger partial charge in [-0.3, -0.25) is 14.9 Å². The van der Waals surface area contributed by atoms with Crippen molar-refractivity contribution in [3.63, 3.8) is 0 Å². The monoisotopic (exact) mass is 361 g/mol. The smallest absolute Gasteiger partial charge is 0.258 e. The minimum absolute atomic E-state index is 0.0572. The summed E-state index contributed by atoms with van der Waals surface area (Å²) in [6.07, 6.45) is 0. The van der Waals surface area contributed by atoms with Crippen LogP contribution in [0.15, 0.2) is 48.5 Å². The van der Waals surface area contributed by atoms with E-state index in [0.717, 1.165) is 5.69 Å². The molecule has 0 radical (unpaired) electrons. The van der Waals surface area contributed by atoms with E-state index in [0.29, 0.717) is 16.3 Å². The molecule has 2 rings (SSSR count). The summed E-state index contributed by atoms with van der Waals surface area (Å²) in [5, 5.41) is 6.00. The lowest BCUT2D eigenvalue weighted by Gasteiger charge is -2.16. The molecule has 0 unspecified atom stereocenters. The summed E-state index contributed by atoms with van der Waals surface area (Å²) in [6.45, 7) is 1.49. The lowest BCUT2D eigenvalue weighted by Crippen LogP contribution is -2.34. The van der Waals surface area contributed by atoms with Crippen molar-refractivity contribution in [2.75, 3.05) is 17.3 Å². The highest BCUT2D eigenvalue weighted by atomic mass is 35.5. The summed E-state index contributed by atoms with van der Waals surface area (Å²) in [5.41, 5.74) is 1.81. The fraction of sp³-hybridized carbons (Fsp3) is 0.118. The number of carbonyl (C=O) groups excluding carboxylic acids is 2. The van der Waals surface area contributed by atoms with Crippen LogP contribution in [0.2, 0.25) is 5.02 Å². The van der Waals surface area contributed by atoms with E-state index in [1.54, 1.807) is 55.6 Å². The second-order valence-corrected chi connectivity index (χ2v) is 5.83. The summed E-state index contributed by atoms with van der Waals surface area (Å²) in [4.78, 5) is 25.0. The maximum Gasteiger partial charge on any atom is 0.258 e. The molecule has 0 fully saturated rings.